The standard InChI is InChI=1S/C12H16F3N3S/c1-8(2)18(7-12(13,14)15)6-9-3-4-17-10(5-9)11(16)19/h3-5,8H,6-7H2,1-2H3,(H2,16,19). The summed E-state index contributed by atoms with van der Waals surface area (Å²) in [6, 6.07) is 3.06. The molecule has 1 rings (SSSR count). The largest absolute Gasteiger partial charge is 0.401 e. The summed E-state index contributed by atoms with van der Waals surface area (Å²) in [7, 11) is 0. The minimum atomic E-state index is -4.22. The van der Waals surface area contributed by atoms with Crippen LogP contribution in [0.5, 0.6) is 0 Å². The molecule has 0 aromatic carbocycles. The zero-order valence-electron chi connectivity index (χ0n) is 10.7. The lowest BCUT2D eigenvalue weighted by Crippen LogP contribution is -2.38. The zero-order valence-corrected chi connectivity index (χ0v) is 11.6. The molecule has 2 N–H and O–H groups in total. The van der Waals surface area contributed by atoms with E-state index in [1.54, 1.807) is 26.0 Å². The maximum Gasteiger partial charge on any atom is 0.401 e. The molecule has 0 radical (unpaired) electrons. The lowest BCUT2D eigenvalue weighted by molar-refractivity contribution is -0.150. The van der Waals surface area contributed by atoms with Crippen molar-refractivity contribution in [1.29, 1.82) is 0 Å². The Labute approximate surface area is 115 Å². The third-order valence-corrected chi connectivity index (χ3v) is 2.78. The van der Waals surface area contributed by atoms with Crippen molar-refractivity contribution in [2.75, 3.05) is 6.54 Å². The van der Waals surface area contributed by atoms with Crippen molar-refractivity contribution >= 4 is 17.2 Å². The fourth-order valence-electron chi connectivity index (χ4n) is 1.59. The van der Waals surface area contributed by atoms with Gasteiger partial charge in [0.25, 0.3) is 0 Å². The summed E-state index contributed by atoms with van der Waals surface area (Å²) >= 11 is 4.80. The molecular formula is C12H16F3N3S. The molecule has 0 saturated carbocycles. The Morgan fingerprint density at radius 3 is 2.58 bits per heavy atom. The summed E-state index contributed by atoms with van der Waals surface area (Å²) in [5, 5.41) is 0. The quantitative estimate of drug-likeness (QED) is 0.846. The van der Waals surface area contributed by atoms with E-state index in [-0.39, 0.29) is 17.6 Å². The summed E-state index contributed by atoms with van der Waals surface area (Å²) in [6.45, 7) is 2.67. The van der Waals surface area contributed by atoms with Gasteiger partial charge in [0.2, 0.25) is 0 Å². The first-order chi connectivity index (χ1) is 8.69. The van der Waals surface area contributed by atoms with Gasteiger partial charge in [-0.2, -0.15) is 13.2 Å². The van der Waals surface area contributed by atoms with Crippen LogP contribution < -0.4 is 5.73 Å². The molecule has 0 saturated heterocycles. The maximum atomic E-state index is 12.5. The Balaban J connectivity index is 2.85. The van der Waals surface area contributed by atoms with Crippen molar-refractivity contribution in [2.24, 2.45) is 5.73 Å². The van der Waals surface area contributed by atoms with Crippen molar-refractivity contribution in [3.05, 3.63) is 29.6 Å². The van der Waals surface area contributed by atoms with Crippen molar-refractivity contribution < 1.29 is 13.2 Å². The van der Waals surface area contributed by atoms with Gasteiger partial charge in [-0.3, -0.25) is 9.88 Å². The topological polar surface area (TPSA) is 42.2 Å². The van der Waals surface area contributed by atoms with E-state index in [4.69, 9.17) is 18.0 Å². The van der Waals surface area contributed by atoms with Crippen molar-refractivity contribution in [1.82, 2.24) is 9.88 Å². The van der Waals surface area contributed by atoms with Gasteiger partial charge in [0, 0.05) is 18.8 Å². The first-order valence-electron chi connectivity index (χ1n) is 5.74. The molecule has 0 aliphatic heterocycles. The van der Waals surface area contributed by atoms with Gasteiger partial charge >= 0.3 is 6.18 Å². The van der Waals surface area contributed by atoms with Crippen LogP contribution in [0.25, 0.3) is 0 Å². The number of nitrogens with two attached hydrogens (primary N) is 1. The minimum Gasteiger partial charge on any atom is -0.388 e. The van der Waals surface area contributed by atoms with Crippen LogP contribution in [0.2, 0.25) is 0 Å². The Morgan fingerprint density at radius 1 is 1.47 bits per heavy atom. The highest BCUT2D eigenvalue weighted by Gasteiger charge is 2.31. The van der Waals surface area contributed by atoms with E-state index in [1.807, 2.05) is 0 Å². The number of alkyl halides is 3. The van der Waals surface area contributed by atoms with E-state index >= 15 is 0 Å². The van der Waals surface area contributed by atoms with Crippen LogP contribution in [0.4, 0.5) is 13.2 Å². The summed E-state index contributed by atoms with van der Waals surface area (Å²) in [6.07, 6.45) is -2.72. The lowest BCUT2D eigenvalue weighted by atomic mass is 10.2. The highest BCUT2D eigenvalue weighted by molar-refractivity contribution is 7.80. The van der Waals surface area contributed by atoms with Crippen LogP contribution in [-0.2, 0) is 6.54 Å². The van der Waals surface area contributed by atoms with Gasteiger partial charge in [0.1, 0.15) is 4.99 Å². The third-order valence-electron chi connectivity index (χ3n) is 2.58. The maximum absolute atomic E-state index is 12.5. The number of halogens is 3. The fraction of sp³-hybridized carbons (Fsp3) is 0.500. The molecule has 0 aliphatic carbocycles. The summed E-state index contributed by atoms with van der Waals surface area (Å²) in [5.74, 6) is 0. The highest BCUT2D eigenvalue weighted by Crippen LogP contribution is 2.20. The molecule has 0 aliphatic rings. The van der Waals surface area contributed by atoms with Crippen LogP contribution in [0.1, 0.15) is 25.1 Å². The number of pyridine rings is 1. The molecule has 0 unspecified atom stereocenters. The average Bonchev–Trinajstić information content (AvgIpc) is 2.26. The van der Waals surface area contributed by atoms with Gasteiger partial charge in [-0.05, 0) is 31.5 Å². The Morgan fingerprint density at radius 2 is 2.11 bits per heavy atom. The molecule has 19 heavy (non-hydrogen) atoms. The Kier molecular flexibility index (Phi) is 5.25. The molecule has 3 nitrogen and oxygen atoms in total. The van der Waals surface area contributed by atoms with Gasteiger partial charge in [0.05, 0.1) is 12.2 Å². The molecule has 1 heterocycles. The molecule has 0 fully saturated rings. The third kappa shape index (κ3) is 5.52. The predicted octanol–water partition coefficient (Wildman–Crippen LogP) is 2.49. The molecule has 0 bridgehead atoms. The van der Waals surface area contributed by atoms with Gasteiger partial charge in [-0.15, -0.1) is 0 Å². The van der Waals surface area contributed by atoms with Crippen LogP contribution in [-0.4, -0.2) is 33.6 Å². The molecule has 0 amide bonds. The van der Waals surface area contributed by atoms with E-state index in [2.05, 4.69) is 4.98 Å². The van der Waals surface area contributed by atoms with E-state index in [0.29, 0.717) is 11.3 Å². The first-order valence-corrected chi connectivity index (χ1v) is 6.15. The van der Waals surface area contributed by atoms with Gasteiger partial charge < -0.3 is 5.73 Å². The van der Waals surface area contributed by atoms with E-state index in [1.165, 1.54) is 11.1 Å². The molecule has 0 spiro atoms. The van der Waals surface area contributed by atoms with Gasteiger partial charge in [-0.1, -0.05) is 12.2 Å². The lowest BCUT2D eigenvalue weighted by Gasteiger charge is -2.27. The van der Waals surface area contributed by atoms with E-state index < -0.39 is 12.7 Å². The van der Waals surface area contributed by atoms with Crippen LogP contribution >= 0.6 is 12.2 Å². The first kappa shape index (κ1) is 15.8. The summed E-state index contributed by atoms with van der Waals surface area (Å²) < 4.78 is 37.4. The molecular weight excluding hydrogens is 275 g/mol. The van der Waals surface area contributed by atoms with Crippen molar-refractivity contribution in [3.63, 3.8) is 0 Å². The number of thiocarbonyl (C=S) groups is 1. The molecule has 1 aromatic heterocycles. The minimum absolute atomic E-state index is 0.133. The van der Waals surface area contributed by atoms with E-state index in [0.717, 1.165) is 0 Å². The molecule has 106 valence electrons. The Hall–Kier alpha value is -1.21. The fourth-order valence-corrected chi connectivity index (χ4v) is 1.70. The number of nitrogens with zero attached hydrogens (tertiary/aromatic N) is 2. The number of hydrogen-bond donors (Lipinski definition) is 1. The normalized spacial score (nSPS) is 12.2. The molecule has 1 aromatic rings. The average molecular weight is 291 g/mol. The van der Waals surface area contributed by atoms with Crippen LogP contribution in [0, 0.1) is 0 Å². The molecule has 0 atom stereocenters. The zero-order chi connectivity index (χ0) is 14.6. The molecule has 7 heteroatoms. The number of hydrogen-bond acceptors (Lipinski definition) is 3. The summed E-state index contributed by atoms with van der Waals surface area (Å²) in [5.41, 5.74) is 6.57. The van der Waals surface area contributed by atoms with E-state index in [9.17, 15) is 13.2 Å². The van der Waals surface area contributed by atoms with Gasteiger partial charge in [0.15, 0.2) is 0 Å². The second kappa shape index (κ2) is 6.29. The SMILES string of the molecule is CC(C)N(Cc1ccnc(C(N)=S)c1)CC(F)(F)F. The van der Waals surface area contributed by atoms with Crippen molar-refractivity contribution in [2.45, 2.75) is 32.6 Å². The monoisotopic (exact) mass is 291 g/mol. The van der Waals surface area contributed by atoms with Crippen molar-refractivity contribution in [3.8, 4) is 0 Å². The summed E-state index contributed by atoms with van der Waals surface area (Å²) in [4.78, 5) is 5.42. The van der Waals surface area contributed by atoms with Gasteiger partial charge in [-0.25, -0.2) is 0 Å². The number of aromatic nitrogens is 1. The smallest absolute Gasteiger partial charge is 0.388 e. The predicted molar refractivity (Wildman–Crippen MR) is 71.7 cm³/mol. The van der Waals surface area contributed by atoms with Crippen LogP contribution in [0.3, 0.4) is 0 Å². The van der Waals surface area contributed by atoms with Crippen LogP contribution in [0.15, 0.2) is 18.3 Å². The second-order valence-corrected chi connectivity index (χ2v) is 4.97. The second-order valence-electron chi connectivity index (χ2n) is 4.53. The Bertz CT molecular complexity index is 446. The number of rotatable bonds is 5. The highest BCUT2D eigenvalue weighted by atomic mass is 32.1.